The number of aliphatic hydroxyl groups excluding tert-OH is 2. The van der Waals surface area contributed by atoms with Gasteiger partial charge in [0.1, 0.15) is 22.6 Å². The topological polar surface area (TPSA) is 394 Å². The molecule has 3 saturated carbocycles. The van der Waals surface area contributed by atoms with Gasteiger partial charge in [0.05, 0.1) is 52.0 Å². The Morgan fingerprint density at radius 2 is 0.789 bits per heavy atom. The summed E-state index contributed by atoms with van der Waals surface area (Å²) in [5.74, 6) is 2.87. The van der Waals surface area contributed by atoms with E-state index < -0.39 is 80.7 Å². The summed E-state index contributed by atoms with van der Waals surface area (Å²) in [6, 6.07) is 17.6. The van der Waals surface area contributed by atoms with E-state index in [9.17, 15) is 75.3 Å². The minimum absolute atomic E-state index is 0. The summed E-state index contributed by atoms with van der Waals surface area (Å²) in [6.45, 7) is 4.08. The molecule has 0 amide bonds. The van der Waals surface area contributed by atoms with E-state index in [2.05, 4.69) is 43.7 Å². The molecule has 20 aliphatic rings. The molecule has 27 nitrogen and oxygen atoms in total. The molecule has 604 valence electrons. The molecule has 0 radical (unpaired) electrons. The number of ether oxygens (including phenoxy) is 6. The summed E-state index contributed by atoms with van der Waals surface area (Å²) >= 11 is 0. The summed E-state index contributed by atoms with van der Waals surface area (Å²) in [6.07, 6.45) is 9.47. The Balaban J connectivity index is 0.0000000951. The average Bonchev–Trinajstić information content (AvgIpc) is 1.21. The number of hydrogen-bond acceptors (Lipinski definition) is 26. The highest BCUT2D eigenvalue weighted by atomic mass is 16.5. The molecule has 5 spiro atoms. The van der Waals surface area contributed by atoms with Gasteiger partial charge >= 0.3 is 0 Å². The van der Waals surface area contributed by atoms with Gasteiger partial charge in [-0.1, -0.05) is 43.8 Å². The quantitative estimate of drug-likeness (QED) is 0.115. The van der Waals surface area contributed by atoms with Crippen molar-refractivity contribution in [1.29, 1.82) is 0 Å². The van der Waals surface area contributed by atoms with E-state index in [1.165, 1.54) is 22.8 Å². The summed E-state index contributed by atoms with van der Waals surface area (Å²) < 4.78 is 35.4. The van der Waals surface area contributed by atoms with Crippen LogP contribution < -0.4 is 23.7 Å². The van der Waals surface area contributed by atoms with Crippen LogP contribution in [0.4, 0.5) is 0 Å². The fourth-order valence-corrected chi connectivity index (χ4v) is 26.8. The number of nitrogens with zero attached hydrogens (tertiary/aromatic N) is 5. The second-order valence-corrected chi connectivity index (χ2v) is 35.7. The second-order valence-electron chi connectivity index (χ2n) is 35.7. The normalized spacial score (nSPS) is 40.5. The number of likely N-dealkylation sites (N-methyl/N-ethyl adjacent to an activating group) is 5. The number of Topliss-reactive ketones (excluding diaryl/α,β-unsaturated/α-hetero) is 3. The Hall–Kier alpha value is -8.68. The van der Waals surface area contributed by atoms with Crippen molar-refractivity contribution >= 4 is 23.1 Å². The van der Waals surface area contributed by atoms with Crippen LogP contribution in [0.3, 0.4) is 0 Å². The lowest BCUT2D eigenvalue weighted by Gasteiger charge is -2.63. The van der Waals surface area contributed by atoms with Crippen molar-refractivity contribution < 1.29 is 109 Å². The van der Waals surface area contributed by atoms with E-state index in [4.69, 9.17) is 28.4 Å². The summed E-state index contributed by atoms with van der Waals surface area (Å²) in [5, 5.41) is 119. The number of methoxy groups -OCH3 is 1. The third-order valence-electron chi connectivity index (χ3n) is 31.8. The maximum absolute atomic E-state index is 12.6. The zero-order chi connectivity index (χ0) is 77.9. The molecule has 0 unspecified atom stereocenters. The lowest BCUT2D eigenvalue weighted by atomic mass is 9.48. The third-order valence-corrected chi connectivity index (χ3v) is 31.8. The number of piperidine rings is 5. The van der Waals surface area contributed by atoms with Crippen LogP contribution in [-0.2, 0) is 83.1 Å². The maximum atomic E-state index is 12.6. The number of benzene rings is 5. The molecular formula is C87H99N5O22. The van der Waals surface area contributed by atoms with Gasteiger partial charge in [-0.25, -0.2) is 0 Å². The third kappa shape index (κ3) is 8.57. The molecule has 0 aromatic heterocycles. The molecule has 8 fully saturated rings. The molecule has 5 aromatic rings. The van der Waals surface area contributed by atoms with E-state index in [1.54, 1.807) is 43.5 Å². The largest absolute Gasteiger partial charge is 0.504 e. The first-order valence-electron chi connectivity index (χ1n) is 39.6. The molecule has 10 aliphatic heterocycles. The van der Waals surface area contributed by atoms with E-state index in [0.717, 1.165) is 89.2 Å². The van der Waals surface area contributed by atoms with Gasteiger partial charge in [0.15, 0.2) is 111 Å². The van der Waals surface area contributed by atoms with Gasteiger partial charge in [-0.2, -0.15) is 0 Å². The van der Waals surface area contributed by atoms with Gasteiger partial charge in [-0.05, 0) is 221 Å². The van der Waals surface area contributed by atoms with E-state index in [-0.39, 0.29) is 113 Å². The number of ketones is 4. The van der Waals surface area contributed by atoms with Crippen molar-refractivity contribution in [2.45, 2.75) is 220 Å². The molecular weight excluding hydrogens is 1470 g/mol. The van der Waals surface area contributed by atoms with Gasteiger partial charge in [-0.15, -0.1) is 0 Å². The van der Waals surface area contributed by atoms with Crippen molar-refractivity contribution in [3.05, 3.63) is 152 Å². The lowest BCUT2D eigenvalue weighted by Crippen LogP contribution is -2.80. The molecule has 25 rings (SSSR count). The first kappa shape index (κ1) is 75.4. The SMILES string of the molecule is C.CN1CC[C@]23c4c5ccc(O)c4O[C@H]2C(=O)C=C[C@@]3(O)[C@H]1C5.CN1CC[C@]23c4c5ccc(O)c4O[C@H]2C(=O)CC[C@@]3(O)[C@H]1C5.CN1CC[C@]23c4c5ccc(O)c4O[C@H]2C(=O)C[C@@H](O)[C@@]3(O)[C@H]1C5.CN1CC[C@]23c4c5ccc(O)c4O[C@H]2C(=O)C[C@H](O)[C@@]3(O)[C@H]1C5.COC1=CC=C2[C@H]3Cc4ccc(O)c5c4[C@@]2(CCN3C)[C@H]1O5.O. The average molecular weight is 1570 g/mol. The van der Waals surface area contributed by atoms with Crippen LogP contribution in [0.15, 0.2) is 96.3 Å². The first-order valence-corrected chi connectivity index (χ1v) is 39.6. The molecule has 10 heterocycles. The van der Waals surface area contributed by atoms with Gasteiger partial charge in [-0.3, -0.25) is 29.0 Å². The van der Waals surface area contributed by atoms with Crippen LogP contribution in [-0.4, -0.2) is 280 Å². The number of phenolic OH excluding ortho intramolecular Hbond substituents is 5. The van der Waals surface area contributed by atoms with Crippen molar-refractivity contribution in [1.82, 2.24) is 24.5 Å². The standard InChI is InChI=1S/C18H19NO3.2C17H19NO5.C17H19NO4.C17H17NO4.CH4.H2O/c1-19-8-7-18-11-4-6-14(21-2)17(18)22-16-13(20)5-3-10(15(16)18)9-12(11)19;2*1-18-5-4-16-13-8-2-3-9(19)14(13)23-15(16)10(20)7-12(21)17(16,22)11(18)6-8;2*1-18-7-6-16-13-9-2-3-10(19)14(13)22-15(16)11(20)4-5-17(16,21)12(18)8-9;;/h3-6,12,17,20H,7-9H2,1-2H3;2*2-3,11-12,15,19,21-22H,4-7H2,1H3;2-3,12,15,19,21H,4-8H2,1H3;2-5,12,15,19,21H,6-8H2,1H3;1H4;1H2/t12-,17+,18+;11-,12+,15+,16+,17+;11-,12-,15+,16+,17+;2*12-,15+,16+,17-;;/m11111../s1. The molecule has 114 heavy (non-hydrogen) atoms. The molecule has 13 N–H and O–H groups in total. The number of hydrogen-bond donors (Lipinski definition) is 11. The number of aliphatic hydroxyl groups is 6. The van der Waals surface area contributed by atoms with E-state index >= 15 is 0 Å². The Bertz CT molecular complexity index is 5050. The number of allylic oxidation sites excluding steroid dienone is 2. The van der Waals surface area contributed by atoms with Gasteiger partial charge in [0, 0.05) is 77.3 Å². The van der Waals surface area contributed by atoms with Gasteiger partial charge in [0.25, 0.3) is 0 Å². The minimum Gasteiger partial charge on any atom is -0.504 e. The zero-order valence-corrected chi connectivity index (χ0v) is 63.7. The van der Waals surface area contributed by atoms with Gasteiger partial charge < -0.3 is 105 Å². The highest BCUT2D eigenvalue weighted by Crippen LogP contribution is 2.70. The molecule has 10 bridgehead atoms. The Kier molecular flexibility index (Phi) is 16.2. The predicted molar refractivity (Wildman–Crippen MR) is 408 cm³/mol. The highest BCUT2D eigenvalue weighted by molar-refractivity contribution is 5.99. The predicted octanol–water partition coefficient (Wildman–Crippen LogP) is 2.63. The maximum Gasteiger partial charge on any atom is 0.196 e. The number of carbonyl (C=O) groups is 4. The first-order chi connectivity index (χ1) is 53.5. The second kappa shape index (κ2) is 24.5. The van der Waals surface area contributed by atoms with E-state index in [0.29, 0.717) is 106 Å². The van der Waals surface area contributed by atoms with Crippen LogP contribution in [0, 0.1) is 0 Å². The Morgan fingerprint density at radius 1 is 0.412 bits per heavy atom. The van der Waals surface area contributed by atoms with Crippen LogP contribution >= 0.6 is 0 Å². The molecule has 27 heteroatoms. The fraction of sp³-hybridized carbons (Fsp3) is 0.540. The Morgan fingerprint density at radius 3 is 1.28 bits per heavy atom. The number of phenols is 5. The van der Waals surface area contributed by atoms with Crippen molar-refractivity contribution in [2.75, 3.05) is 75.1 Å². The van der Waals surface area contributed by atoms with Crippen molar-refractivity contribution in [3.8, 4) is 57.5 Å². The zero-order valence-electron chi connectivity index (χ0n) is 63.7. The van der Waals surface area contributed by atoms with Crippen molar-refractivity contribution in [2.24, 2.45) is 0 Å². The number of aromatic hydroxyl groups is 5. The van der Waals surface area contributed by atoms with Crippen LogP contribution in [0.1, 0.15) is 121 Å². The molecule has 10 aliphatic carbocycles. The molecule has 5 saturated heterocycles. The number of likely N-dealkylation sites (tertiary alicyclic amines) is 5. The summed E-state index contributed by atoms with van der Waals surface area (Å²) in [7, 11) is 11.8. The smallest absolute Gasteiger partial charge is 0.196 e. The lowest BCUT2D eigenvalue weighted by molar-refractivity contribution is -0.226. The van der Waals surface area contributed by atoms with Gasteiger partial charge in [0.2, 0.25) is 0 Å². The van der Waals surface area contributed by atoms with E-state index in [1.807, 2.05) is 58.5 Å². The number of rotatable bonds is 1. The molecule has 21 atom stereocenters. The summed E-state index contributed by atoms with van der Waals surface area (Å²) in [4.78, 5) is 61.1. The Labute approximate surface area is 658 Å². The highest BCUT2D eigenvalue weighted by Gasteiger charge is 2.79. The van der Waals surface area contributed by atoms with Crippen molar-refractivity contribution in [3.63, 3.8) is 0 Å². The monoisotopic (exact) mass is 1570 g/mol. The molecule has 5 aromatic carbocycles. The fourth-order valence-electron chi connectivity index (χ4n) is 26.8. The van der Waals surface area contributed by atoms with Crippen LogP contribution in [0.2, 0.25) is 0 Å². The summed E-state index contributed by atoms with van der Waals surface area (Å²) in [5.41, 5.74) is 2.82. The minimum atomic E-state index is -1.44. The van der Waals surface area contributed by atoms with Crippen LogP contribution in [0.25, 0.3) is 0 Å². The van der Waals surface area contributed by atoms with Crippen LogP contribution in [0.5, 0.6) is 57.5 Å². The number of carbonyl (C=O) groups excluding carboxylic acids is 4.